The van der Waals surface area contributed by atoms with E-state index in [-0.39, 0.29) is 5.91 Å². The Labute approximate surface area is 175 Å². The average Bonchev–Trinajstić information content (AvgIpc) is 3.47. The SMILES string of the molecule is CC(C)c1ccc(-n2ccnc2SCC(=O)Nc2ccnn2C2CCCC2)cc1. The molecular weight excluding hydrogens is 382 g/mol. The van der Waals surface area contributed by atoms with E-state index in [1.807, 2.05) is 21.5 Å². The second-order valence-electron chi connectivity index (χ2n) is 7.76. The van der Waals surface area contributed by atoms with Gasteiger partial charge in [-0.2, -0.15) is 5.10 Å². The molecule has 29 heavy (non-hydrogen) atoms. The van der Waals surface area contributed by atoms with Crippen LogP contribution in [0.3, 0.4) is 0 Å². The molecule has 6 nitrogen and oxygen atoms in total. The van der Waals surface area contributed by atoms with Crippen LogP contribution in [0.25, 0.3) is 5.69 Å². The lowest BCUT2D eigenvalue weighted by Gasteiger charge is -2.14. The van der Waals surface area contributed by atoms with Gasteiger partial charge in [-0.15, -0.1) is 0 Å². The molecule has 0 unspecified atom stereocenters. The predicted molar refractivity (Wildman–Crippen MR) is 117 cm³/mol. The number of nitrogens with one attached hydrogen (secondary N) is 1. The summed E-state index contributed by atoms with van der Waals surface area (Å²) in [5.74, 6) is 1.55. The van der Waals surface area contributed by atoms with Gasteiger partial charge in [0.05, 0.1) is 18.0 Å². The Morgan fingerprint density at radius 2 is 1.93 bits per heavy atom. The van der Waals surface area contributed by atoms with Gasteiger partial charge in [0.15, 0.2) is 5.16 Å². The summed E-state index contributed by atoms with van der Waals surface area (Å²) in [6.45, 7) is 4.37. The van der Waals surface area contributed by atoms with Crippen molar-refractivity contribution in [1.82, 2.24) is 19.3 Å². The van der Waals surface area contributed by atoms with Crippen molar-refractivity contribution in [3.8, 4) is 5.69 Å². The standard InChI is InChI=1S/C22H27N5OS/c1-16(2)17-7-9-18(10-8-17)26-14-13-23-22(26)29-15-21(28)25-20-11-12-24-27(20)19-5-3-4-6-19/h7-14,16,19H,3-6,15H2,1-2H3,(H,25,28). The summed E-state index contributed by atoms with van der Waals surface area (Å²) in [6.07, 6.45) is 10.2. The van der Waals surface area contributed by atoms with Crippen molar-refractivity contribution in [1.29, 1.82) is 0 Å². The van der Waals surface area contributed by atoms with Gasteiger partial charge in [-0.1, -0.05) is 50.6 Å². The van der Waals surface area contributed by atoms with Crippen LogP contribution in [0.5, 0.6) is 0 Å². The van der Waals surface area contributed by atoms with E-state index >= 15 is 0 Å². The van der Waals surface area contributed by atoms with Crippen LogP contribution in [-0.2, 0) is 4.79 Å². The van der Waals surface area contributed by atoms with Gasteiger partial charge < -0.3 is 5.32 Å². The van der Waals surface area contributed by atoms with E-state index in [0.717, 1.165) is 29.5 Å². The van der Waals surface area contributed by atoms with Gasteiger partial charge in [0.1, 0.15) is 5.82 Å². The van der Waals surface area contributed by atoms with Crippen molar-refractivity contribution < 1.29 is 4.79 Å². The van der Waals surface area contributed by atoms with Gasteiger partial charge in [-0.25, -0.2) is 9.67 Å². The fourth-order valence-corrected chi connectivity index (χ4v) is 4.55. The Morgan fingerprint density at radius 3 is 2.66 bits per heavy atom. The molecule has 1 amide bonds. The first-order valence-electron chi connectivity index (χ1n) is 10.2. The summed E-state index contributed by atoms with van der Waals surface area (Å²) in [5.41, 5.74) is 2.36. The summed E-state index contributed by atoms with van der Waals surface area (Å²) >= 11 is 1.44. The summed E-state index contributed by atoms with van der Waals surface area (Å²) in [7, 11) is 0. The van der Waals surface area contributed by atoms with Crippen LogP contribution in [0, 0.1) is 0 Å². The number of nitrogens with zero attached hydrogens (tertiary/aromatic N) is 4. The van der Waals surface area contributed by atoms with Gasteiger partial charge in [0.2, 0.25) is 5.91 Å². The number of hydrogen-bond acceptors (Lipinski definition) is 4. The van der Waals surface area contributed by atoms with E-state index in [9.17, 15) is 4.79 Å². The van der Waals surface area contributed by atoms with E-state index in [1.54, 1.807) is 12.4 Å². The topological polar surface area (TPSA) is 64.7 Å². The fourth-order valence-electron chi connectivity index (χ4n) is 3.77. The molecule has 3 aromatic rings. The molecular formula is C22H27N5OS. The number of rotatable bonds is 7. The second-order valence-corrected chi connectivity index (χ2v) is 8.70. The maximum absolute atomic E-state index is 12.5. The number of aromatic nitrogens is 4. The van der Waals surface area contributed by atoms with Crippen LogP contribution in [-0.4, -0.2) is 31.0 Å². The van der Waals surface area contributed by atoms with Crippen LogP contribution in [0.4, 0.5) is 5.82 Å². The number of amides is 1. The zero-order valence-electron chi connectivity index (χ0n) is 16.9. The minimum absolute atomic E-state index is 0.0422. The maximum Gasteiger partial charge on any atom is 0.235 e. The minimum atomic E-state index is -0.0422. The molecule has 1 fully saturated rings. The molecule has 2 heterocycles. The summed E-state index contributed by atoms with van der Waals surface area (Å²) in [5, 5.41) is 8.23. The first-order valence-corrected chi connectivity index (χ1v) is 11.2. The van der Waals surface area contributed by atoms with Gasteiger partial charge in [0.25, 0.3) is 0 Å². The molecule has 1 aromatic carbocycles. The quantitative estimate of drug-likeness (QED) is 0.555. The largest absolute Gasteiger partial charge is 0.310 e. The summed E-state index contributed by atoms with van der Waals surface area (Å²) in [6, 6.07) is 10.8. The van der Waals surface area contributed by atoms with Gasteiger partial charge in [-0.3, -0.25) is 9.36 Å². The highest BCUT2D eigenvalue weighted by Gasteiger charge is 2.20. The Morgan fingerprint density at radius 1 is 1.17 bits per heavy atom. The second kappa shape index (κ2) is 8.86. The number of carbonyl (C=O) groups is 1. The molecule has 0 aliphatic heterocycles. The van der Waals surface area contributed by atoms with Crippen molar-refractivity contribution in [2.24, 2.45) is 0 Å². The third kappa shape index (κ3) is 4.56. The highest BCUT2D eigenvalue weighted by molar-refractivity contribution is 7.99. The van der Waals surface area contributed by atoms with Gasteiger partial charge >= 0.3 is 0 Å². The molecule has 7 heteroatoms. The molecule has 1 saturated carbocycles. The monoisotopic (exact) mass is 409 g/mol. The number of carbonyl (C=O) groups excluding carboxylic acids is 1. The Bertz CT molecular complexity index is 954. The predicted octanol–water partition coefficient (Wildman–Crippen LogP) is 5.04. The number of anilines is 1. The first-order chi connectivity index (χ1) is 14.1. The van der Waals surface area contributed by atoms with Crippen LogP contribution in [0.1, 0.15) is 57.1 Å². The first kappa shape index (κ1) is 19.8. The van der Waals surface area contributed by atoms with Crippen molar-refractivity contribution in [2.45, 2.75) is 56.6 Å². The lowest BCUT2D eigenvalue weighted by atomic mass is 10.0. The van der Waals surface area contributed by atoms with E-state index in [2.05, 4.69) is 53.5 Å². The molecule has 0 radical (unpaired) electrons. The van der Waals surface area contributed by atoms with E-state index in [1.165, 1.54) is 30.2 Å². The lowest BCUT2D eigenvalue weighted by molar-refractivity contribution is -0.113. The molecule has 1 N–H and O–H groups in total. The zero-order chi connectivity index (χ0) is 20.2. The Hall–Kier alpha value is -2.54. The molecule has 0 bridgehead atoms. The molecule has 0 atom stereocenters. The van der Waals surface area contributed by atoms with Crippen molar-refractivity contribution in [3.63, 3.8) is 0 Å². The Kier molecular flexibility index (Phi) is 6.04. The molecule has 2 aromatic heterocycles. The van der Waals surface area contributed by atoms with Crippen molar-refractivity contribution in [2.75, 3.05) is 11.1 Å². The fraction of sp³-hybridized carbons (Fsp3) is 0.409. The molecule has 1 aliphatic carbocycles. The van der Waals surface area contributed by atoms with E-state index in [4.69, 9.17) is 0 Å². The summed E-state index contributed by atoms with van der Waals surface area (Å²) < 4.78 is 3.98. The third-order valence-corrected chi connectivity index (χ3v) is 6.35. The highest BCUT2D eigenvalue weighted by Crippen LogP contribution is 2.31. The van der Waals surface area contributed by atoms with E-state index < -0.39 is 0 Å². The minimum Gasteiger partial charge on any atom is -0.310 e. The van der Waals surface area contributed by atoms with Crippen LogP contribution >= 0.6 is 11.8 Å². The number of benzene rings is 1. The van der Waals surface area contributed by atoms with Gasteiger partial charge in [-0.05, 0) is 36.5 Å². The van der Waals surface area contributed by atoms with E-state index in [0.29, 0.717) is 17.7 Å². The van der Waals surface area contributed by atoms with Crippen LogP contribution in [0.2, 0.25) is 0 Å². The van der Waals surface area contributed by atoms with Crippen molar-refractivity contribution in [3.05, 3.63) is 54.5 Å². The van der Waals surface area contributed by atoms with Crippen LogP contribution in [0.15, 0.2) is 54.1 Å². The normalized spacial score (nSPS) is 14.6. The number of thioether (sulfide) groups is 1. The molecule has 4 rings (SSSR count). The lowest BCUT2D eigenvalue weighted by Crippen LogP contribution is -2.19. The summed E-state index contributed by atoms with van der Waals surface area (Å²) in [4.78, 5) is 17.0. The molecule has 152 valence electrons. The third-order valence-electron chi connectivity index (χ3n) is 5.39. The molecule has 0 saturated heterocycles. The smallest absolute Gasteiger partial charge is 0.235 e. The number of imidazole rings is 1. The maximum atomic E-state index is 12.5. The van der Waals surface area contributed by atoms with Crippen LogP contribution < -0.4 is 5.32 Å². The highest BCUT2D eigenvalue weighted by atomic mass is 32.2. The average molecular weight is 410 g/mol. The zero-order valence-corrected chi connectivity index (χ0v) is 17.7. The molecule has 1 aliphatic rings. The number of hydrogen-bond donors (Lipinski definition) is 1. The molecule has 0 spiro atoms. The Balaban J connectivity index is 1.38. The van der Waals surface area contributed by atoms with Gasteiger partial charge in [0, 0.05) is 24.1 Å². The van der Waals surface area contributed by atoms with Crippen molar-refractivity contribution >= 4 is 23.5 Å².